The maximum atomic E-state index is 10.5. The Morgan fingerprint density at radius 3 is 2.75 bits per heavy atom. The predicted molar refractivity (Wildman–Crippen MR) is 43.4 cm³/mol. The molecule has 5 nitrogen and oxygen atoms in total. The molecule has 0 aromatic carbocycles. The fourth-order valence-corrected chi connectivity index (χ4v) is 0.515. The molecule has 0 aromatic rings. The van der Waals surface area contributed by atoms with Crippen molar-refractivity contribution < 1.29 is 14.3 Å². The molecule has 0 aliphatic carbocycles. The number of rotatable bonds is 5. The molecule has 0 aliphatic heterocycles. The minimum atomic E-state index is -0.579. The van der Waals surface area contributed by atoms with E-state index >= 15 is 0 Å². The van der Waals surface area contributed by atoms with Gasteiger partial charge in [-0.15, -0.1) is 0 Å². The minimum Gasteiger partial charge on any atom is -0.462 e. The van der Waals surface area contributed by atoms with Gasteiger partial charge in [-0.1, -0.05) is 6.58 Å². The number of urea groups is 1. The van der Waals surface area contributed by atoms with E-state index in [9.17, 15) is 9.59 Å². The third kappa shape index (κ3) is 6.60. The lowest BCUT2D eigenvalue weighted by molar-refractivity contribution is -0.137. The van der Waals surface area contributed by atoms with Crippen molar-refractivity contribution in [1.29, 1.82) is 0 Å². The maximum absolute atomic E-state index is 10.5. The fraction of sp³-hybridized carbons (Fsp3) is 0.429. The largest absolute Gasteiger partial charge is 0.462 e. The van der Waals surface area contributed by atoms with E-state index in [2.05, 4.69) is 16.6 Å². The third-order valence-electron chi connectivity index (χ3n) is 1.03. The zero-order chi connectivity index (χ0) is 9.40. The number of hydrogen-bond acceptors (Lipinski definition) is 3. The lowest BCUT2D eigenvalue weighted by atomic mass is 10.4. The predicted octanol–water partition coefficient (Wildman–Crippen LogP) is -0.226. The summed E-state index contributed by atoms with van der Waals surface area (Å²) in [6, 6.07) is -0.579. The van der Waals surface area contributed by atoms with E-state index in [0.29, 0.717) is 13.0 Å². The molecule has 0 heterocycles. The van der Waals surface area contributed by atoms with Crippen LogP contribution in [0.3, 0.4) is 0 Å². The number of amides is 2. The highest BCUT2D eigenvalue weighted by atomic mass is 16.5. The van der Waals surface area contributed by atoms with Gasteiger partial charge in [-0.05, 0) is 6.42 Å². The van der Waals surface area contributed by atoms with Crippen molar-refractivity contribution in [1.82, 2.24) is 5.32 Å². The van der Waals surface area contributed by atoms with Crippen molar-refractivity contribution in [2.24, 2.45) is 5.73 Å². The molecule has 0 atom stereocenters. The van der Waals surface area contributed by atoms with Gasteiger partial charge in [0.15, 0.2) is 0 Å². The normalized spacial score (nSPS) is 8.67. The van der Waals surface area contributed by atoms with Gasteiger partial charge in [0, 0.05) is 12.6 Å². The highest BCUT2D eigenvalue weighted by molar-refractivity contribution is 5.81. The molecule has 0 rings (SSSR count). The number of ether oxygens (including phenoxy) is 1. The molecule has 0 saturated carbocycles. The van der Waals surface area contributed by atoms with Crippen LogP contribution in [0.4, 0.5) is 4.79 Å². The SMILES string of the molecule is C=CC(=O)OCCCNC(N)=O. The number of primary amides is 1. The van der Waals surface area contributed by atoms with E-state index in [1.807, 2.05) is 0 Å². The smallest absolute Gasteiger partial charge is 0.330 e. The summed E-state index contributed by atoms with van der Waals surface area (Å²) >= 11 is 0. The third-order valence-corrected chi connectivity index (χ3v) is 1.03. The lowest BCUT2D eigenvalue weighted by Gasteiger charge is -2.01. The molecule has 5 heteroatoms. The molecule has 0 unspecified atom stereocenters. The number of carbonyl (C=O) groups excluding carboxylic acids is 2. The van der Waals surface area contributed by atoms with Crippen molar-refractivity contribution in [3.05, 3.63) is 12.7 Å². The Labute approximate surface area is 70.6 Å². The van der Waals surface area contributed by atoms with Crippen molar-refractivity contribution in [2.45, 2.75) is 6.42 Å². The van der Waals surface area contributed by atoms with Gasteiger partial charge < -0.3 is 15.8 Å². The molecule has 0 saturated heterocycles. The summed E-state index contributed by atoms with van der Waals surface area (Å²) in [6.07, 6.45) is 1.63. The first-order valence-electron chi connectivity index (χ1n) is 3.49. The van der Waals surface area contributed by atoms with Crippen LogP contribution >= 0.6 is 0 Å². The second-order valence-electron chi connectivity index (χ2n) is 2.02. The Balaban J connectivity index is 3.16. The first kappa shape index (κ1) is 10.5. The average molecular weight is 172 g/mol. The summed E-state index contributed by atoms with van der Waals surface area (Å²) in [5.74, 6) is -0.464. The maximum Gasteiger partial charge on any atom is 0.330 e. The number of esters is 1. The molecule has 2 amide bonds. The van der Waals surface area contributed by atoms with E-state index in [1.54, 1.807) is 0 Å². The van der Waals surface area contributed by atoms with Crippen LogP contribution in [0.25, 0.3) is 0 Å². The van der Waals surface area contributed by atoms with Crippen LogP contribution in [0.5, 0.6) is 0 Å². The molecule has 68 valence electrons. The van der Waals surface area contributed by atoms with Gasteiger partial charge in [0.1, 0.15) is 0 Å². The average Bonchev–Trinajstić information content (AvgIpc) is 2.03. The summed E-state index contributed by atoms with van der Waals surface area (Å²) in [6.45, 7) is 3.88. The van der Waals surface area contributed by atoms with E-state index in [0.717, 1.165) is 6.08 Å². The summed E-state index contributed by atoms with van der Waals surface area (Å²) in [5.41, 5.74) is 4.79. The molecule has 0 bridgehead atoms. The Bertz CT molecular complexity index is 179. The molecule has 12 heavy (non-hydrogen) atoms. The molecule has 0 radical (unpaired) electrons. The van der Waals surface area contributed by atoms with Gasteiger partial charge in [-0.3, -0.25) is 0 Å². The van der Waals surface area contributed by atoms with Crippen LogP contribution in [0, 0.1) is 0 Å². The Hall–Kier alpha value is -1.52. The van der Waals surface area contributed by atoms with E-state index in [4.69, 9.17) is 5.73 Å². The number of hydrogen-bond donors (Lipinski definition) is 2. The van der Waals surface area contributed by atoms with E-state index in [1.165, 1.54) is 0 Å². The molecule has 3 N–H and O–H groups in total. The zero-order valence-corrected chi connectivity index (χ0v) is 6.71. The summed E-state index contributed by atoms with van der Waals surface area (Å²) < 4.78 is 4.62. The molecule has 0 fully saturated rings. The van der Waals surface area contributed by atoms with Crippen molar-refractivity contribution in [3.8, 4) is 0 Å². The van der Waals surface area contributed by atoms with E-state index in [-0.39, 0.29) is 6.61 Å². The van der Waals surface area contributed by atoms with Gasteiger partial charge in [0.25, 0.3) is 0 Å². The molecular weight excluding hydrogens is 160 g/mol. The van der Waals surface area contributed by atoms with Gasteiger partial charge in [-0.2, -0.15) is 0 Å². The van der Waals surface area contributed by atoms with Crippen LogP contribution < -0.4 is 11.1 Å². The summed E-state index contributed by atoms with van der Waals surface area (Å²) in [5, 5.41) is 2.36. The van der Waals surface area contributed by atoms with Crippen LogP contribution in [0.2, 0.25) is 0 Å². The number of carbonyl (C=O) groups is 2. The quantitative estimate of drug-likeness (QED) is 0.341. The second kappa shape index (κ2) is 6.21. The second-order valence-corrected chi connectivity index (χ2v) is 2.02. The molecular formula is C7H12N2O3. The van der Waals surface area contributed by atoms with Gasteiger partial charge in [0.05, 0.1) is 6.61 Å². The van der Waals surface area contributed by atoms with Crippen LogP contribution in [0.15, 0.2) is 12.7 Å². The van der Waals surface area contributed by atoms with Gasteiger partial charge in [-0.25, -0.2) is 9.59 Å². The van der Waals surface area contributed by atoms with Gasteiger partial charge >= 0.3 is 12.0 Å². The Morgan fingerprint density at radius 2 is 2.25 bits per heavy atom. The first-order valence-corrected chi connectivity index (χ1v) is 3.49. The topological polar surface area (TPSA) is 81.4 Å². The van der Waals surface area contributed by atoms with E-state index < -0.39 is 12.0 Å². The number of nitrogens with one attached hydrogen (secondary N) is 1. The van der Waals surface area contributed by atoms with Crippen LogP contribution in [-0.2, 0) is 9.53 Å². The standard InChI is InChI=1S/C7H12N2O3/c1-2-6(10)12-5-3-4-9-7(8)11/h2H,1,3-5H2,(H3,8,9,11). The molecule has 0 spiro atoms. The number of nitrogens with two attached hydrogens (primary N) is 1. The highest BCUT2D eigenvalue weighted by Gasteiger charge is 1.95. The van der Waals surface area contributed by atoms with Gasteiger partial charge in [0.2, 0.25) is 0 Å². The van der Waals surface area contributed by atoms with Crippen LogP contribution in [-0.4, -0.2) is 25.2 Å². The summed E-state index contributed by atoms with van der Waals surface area (Å²) in [7, 11) is 0. The van der Waals surface area contributed by atoms with Crippen molar-refractivity contribution in [2.75, 3.05) is 13.2 Å². The monoisotopic (exact) mass is 172 g/mol. The summed E-state index contributed by atoms with van der Waals surface area (Å²) in [4.78, 5) is 20.6. The lowest BCUT2D eigenvalue weighted by Crippen LogP contribution is -2.30. The fourth-order valence-electron chi connectivity index (χ4n) is 0.515. The molecule has 0 aliphatic rings. The first-order chi connectivity index (χ1) is 5.66. The van der Waals surface area contributed by atoms with Crippen molar-refractivity contribution >= 4 is 12.0 Å². The zero-order valence-electron chi connectivity index (χ0n) is 6.71. The Morgan fingerprint density at radius 1 is 1.58 bits per heavy atom. The van der Waals surface area contributed by atoms with Crippen molar-refractivity contribution in [3.63, 3.8) is 0 Å². The Kier molecular flexibility index (Phi) is 5.42. The highest BCUT2D eigenvalue weighted by Crippen LogP contribution is 1.82. The molecule has 0 aromatic heterocycles. The minimum absolute atomic E-state index is 0.255. The van der Waals surface area contributed by atoms with Crippen LogP contribution in [0.1, 0.15) is 6.42 Å².